The van der Waals surface area contributed by atoms with Gasteiger partial charge in [-0.3, -0.25) is 10.2 Å². The minimum Gasteiger partial charge on any atom is -0.358 e. The third kappa shape index (κ3) is 2.31. The number of hydrogen-bond donors (Lipinski definition) is 2. The topological polar surface area (TPSA) is 81.2 Å². The Morgan fingerprint density at radius 2 is 2.12 bits per heavy atom. The number of aryl methyl sites for hydroxylation is 1. The second kappa shape index (κ2) is 4.83. The molecule has 6 heteroatoms. The molecule has 0 saturated heterocycles. The lowest BCUT2D eigenvalue weighted by Crippen LogP contribution is -2.37. The van der Waals surface area contributed by atoms with Crippen molar-refractivity contribution in [3.63, 3.8) is 0 Å². The summed E-state index contributed by atoms with van der Waals surface area (Å²) in [6, 6.07) is 0. The van der Waals surface area contributed by atoms with Crippen molar-refractivity contribution in [1.82, 2.24) is 10.6 Å². The third-order valence-electron chi connectivity index (χ3n) is 3.44. The van der Waals surface area contributed by atoms with Gasteiger partial charge in [0.05, 0.1) is 0 Å². The van der Waals surface area contributed by atoms with Gasteiger partial charge in [0.1, 0.15) is 5.69 Å². The number of rotatable bonds is 2. The quantitative estimate of drug-likeness (QED) is 0.465. The van der Waals surface area contributed by atoms with Crippen LogP contribution in [0.2, 0.25) is 0 Å². The van der Waals surface area contributed by atoms with E-state index in [4.69, 9.17) is 10.4 Å². The Kier molecular flexibility index (Phi) is 3.42. The highest BCUT2D eigenvalue weighted by atomic mass is 19.1. The highest BCUT2D eigenvalue weighted by molar-refractivity contribution is 5.78. The Hall–Kier alpha value is -1.43. The van der Waals surface area contributed by atoms with E-state index in [-0.39, 0.29) is 29.3 Å². The van der Waals surface area contributed by atoms with E-state index in [1.54, 1.807) is 6.92 Å². The summed E-state index contributed by atoms with van der Waals surface area (Å²) >= 11 is 0. The second-order valence-electron chi connectivity index (χ2n) is 4.50. The SMILES string of the molecule is Cc1onc([C@H]2CC[C@H](C(=O)NN)CC2)c1F. The lowest BCUT2D eigenvalue weighted by molar-refractivity contribution is -0.126. The number of nitrogens with zero attached hydrogens (tertiary/aromatic N) is 1. The molecule has 0 spiro atoms. The van der Waals surface area contributed by atoms with Crippen LogP contribution < -0.4 is 11.3 Å². The summed E-state index contributed by atoms with van der Waals surface area (Å²) in [6.45, 7) is 1.55. The van der Waals surface area contributed by atoms with Crippen LogP contribution in [0.15, 0.2) is 4.52 Å². The fourth-order valence-electron chi connectivity index (χ4n) is 2.38. The molecule has 5 nitrogen and oxygen atoms in total. The summed E-state index contributed by atoms with van der Waals surface area (Å²) in [4.78, 5) is 11.3. The summed E-state index contributed by atoms with van der Waals surface area (Å²) in [5, 5.41) is 3.75. The summed E-state index contributed by atoms with van der Waals surface area (Å²) in [6.07, 6.45) is 2.89. The predicted molar refractivity (Wildman–Crippen MR) is 58.2 cm³/mol. The molecule has 0 aromatic carbocycles. The van der Waals surface area contributed by atoms with E-state index in [2.05, 4.69) is 10.6 Å². The first kappa shape index (κ1) is 12.0. The van der Waals surface area contributed by atoms with E-state index < -0.39 is 0 Å². The van der Waals surface area contributed by atoms with Crippen molar-refractivity contribution >= 4 is 5.91 Å². The van der Waals surface area contributed by atoms with Gasteiger partial charge in [-0.25, -0.2) is 10.2 Å². The predicted octanol–water partition coefficient (Wildman–Crippen LogP) is 1.39. The van der Waals surface area contributed by atoms with Crippen LogP contribution in [0, 0.1) is 18.7 Å². The van der Waals surface area contributed by atoms with Gasteiger partial charge in [0, 0.05) is 11.8 Å². The molecule has 1 aromatic rings. The Balaban J connectivity index is 2.00. The Bertz CT molecular complexity index is 411. The molecule has 1 aromatic heterocycles. The van der Waals surface area contributed by atoms with Crippen LogP contribution >= 0.6 is 0 Å². The van der Waals surface area contributed by atoms with Gasteiger partial charge in [-0.2, -0.15) is 0 Å². The fourth-order valence-corrected chi connectivity index (χ4v) is 2.38. The highest BCUT2D eigenvalue weighted by Crippen LogP contribution is 2.36. The molecule has 1 amide bonds. The van der Waals surface area contributed by atoms with Crippen LogP contribution in [-0.2, 0) is 4.79 Å². The number of hydrazine groups is 1. The number of aromatic nitrogens is 1. The first-order chi connectivity index (χ1) is 8.13. The number of nitrogens with two attached hydrogens (primary N) is 1. The van der Waals surface area contributed by atoms with Crippen LogP contribution in [0.4, 0.5) is 4.39 Å². The molecule has 17 heavy (non-hydrogen) atoms. The van der Waals surface area contributed by atoms with E-state index in [0.717, 1.165) is 12.8 Å². The Morgan fingerprint density at radius 1 is 1.47 bits per heavy atom. The molecule has 1 heterocycles. The van der Waals surface area contributed by atoms with E-state index in [9.17, 15) is 9.18 Å². The van der Waals surface area contributed by atoms with Gasteiger partial charge in [0.2, 0.25) is 5.91 Å². The van der Waals surface area contributed by atoms with Crippen molar-refractivity contribution in [3.8, 4) is 0 Å². The molecular weight excluding hydrogens is 225 g/mol. The zero-order chi connectivity index (χ0) is 12.4. The largest absolute Gasteiger partial charge is 0.358 e. The molecule has 0 unspecified atom stereocenters. The molecule has 0 aliphatic heterocycles. The van der Waals surface area contributed by atoms with Crippen LogP contribution in [0.5, 0.6) is 0 Å². The standard InChI is InChI=1S/C11H16FN3O2/c1-6-9(12)10(15-17-6)7-2-4-8(5-3-7)11(16)14-13/h7-8H,2-5,13H2,1H3,(H,14,16)/t7-,8-. The molecule has 0 atom stereocenters. The van der Waals surface area contributed by atoms with Crippen LogP contribution in [0.25, 0.3) is 0 Å². The van der Waals surface area contributed by atoms with E-state index in [0.29, 0.717) is 18.5 Å². The van der Waals surface area contributed by atoms with Gasteiger partial charge in [0.15, 0.2) is 11.6 Å². The molecule has 3 N–H and O–H groups in total. The number of carbonyl (C=O) groups excluding carboxylic acids is 1. The van der Waals surface area contributed by atoms with Crippen molar-refractivity contribution in [2.45, 2.75) is 38.5 Å². The maximum atomic E-state index is 13.6. The molecule has 2 rings (SSSR count). The third-order valence-corrected chi connectivity index (χ3v) is 3.44. The summed E-state index contributed by atoms with van der Waals surface area (Å²) in [5.74, 6) is 4.81. The van der Waals surface area contributed by atoms with Gasteiger partial charge in [-0.1, -0.05) is 5.16 Å². The van der Waals surface area contributed by atoms with Crippen molar-refractivity contribution in [2.24, 2.45) is 11.8 Å². The van der Waals surface area contributed by atoms with Gasteiger partial charge in [-0.15, -0.1) is 0 Å². The normalized spacial score (nSPS) is 24.6. The number of amides is 1. The molecule has 1 fully saturated rings. The van der Waals surface area contributed by atoms with Gasteiger partial charge in [0.25, 0.3) is 0 Å². The Morgan fingerprint density at radius 3 is 2.59 bits per heavy atom. The molecule has 1 aliphatic rings. The second-order valence-corrected chi connectivity index (χ2v) is 4.50. The monoisotopic (exact) mass is 241 g/mol. The fraction of sp³-hybridized carbons (Fsp3) is 0.636. The van der Waals surface area contributed by atoms with E-state index >= 15 is 0 Å². The number of carbonyl (C=O) groups is 1. The Labute approximate surface area is 98.5 Å². The smallest absolute Gasteiger partial charge is 0.236 e. The van der Waals surface area contributed by atoms with E-state index in [1.807, 2.05) is 0 Å². The maximum Gasteiger partial charge on any atom is 0.236 e. The van der Waals surface area contributed by atoms with Gasteiger partial charge < -0.3 is 4.52 Å². The zero-order valence-corrected chi connectivity index (χ0v) is 9.70. The summed E-state index contributed by atoms with van der Waals surface area (Å²) < 4.78 is 18.4. The molecule has 1 saturated carbocycles. The molecule has 0 radical (unpaired) electrons. The van der Waals surface area contributed by atoms with Crippen molar-refractivity contribution in [1.29, 1.82) is 0 Å². The number of hydrogen-bond acceptors (Lipinski definition) is 4. The minimum absolute atomic E-state index is 0.0503. The van der Waals surface area contributed by atoms with Crippen molar-refractivity contribution in [2.75, 3.05) is 0 Å². The summed E-state index contributed by atoms with van der Waals surface area (Å²) in [5.41, 5.74) is 2.55. The highest BCUT2D eigenvalue weighted by Gasteiger charge is 2.30. The molecule has 0 bridgehead atoms. The summed E-state index contributed by atoms with van der Waals surface area (Å²) in [7, 11) is 0. The molecule has 1 aliphatic carbocycles. The van der Waals surface area contributed by atoms with Gasteiger partial charge in [-0.05, 0) is 32.6 Å². The minimum atomic E-state index is -0.350. The van der Waals surface area contributed by atoms with Gasteiger partial charge >= 0.3 is 0 Å². The lowest BCUT2D eigenvalue weighted by Gasteiger charge is -2.25. The first-order valence-corrected chi connectivity index (χ1v) is 5.75. The van der Waals surface area contributed by atoms with Crippen molar-refractivity contribution in [3.05, 3.63) is 17.3 Å². The first-order valence-electron chi connectivity index (χ1n) is 5.75. The number of nitrogens with one attached hydrogen (secondary N) is 1. The maximum absolute atomic E-state index is 13.6. The van der Waals surface area contributed by atoms with Crippen LogP contribution in [0.1, 0.15) is 43.1 Å². The molecular formula is C11H16FN3O2. The zero-order valence-electron chi connectivity index (χ0n) is 9.70. The average molecular weight is 241 g/mol. The molecule has 94 valence electrons. The average Bonchev–Trinajstić information content (AvgIpc) is 2.69. The van der Waals surface area contributed by atoms with Crippen LogP contribution in [0.3, 0.4) is 0 Å². The number of halogens is 1. The van der Waals surface area contributed by atoms with E-state index in [1.165, 1.54) is 0 Å². The lowest BCUT2D eigenvalue weighted by atomic mass is 9.80. The van der Waals surface area contributed by atoms with Crippen molar-refractivity contribution < 1.29 is 13.7 Å². The van der Waals surface area contributed by atoms with Crippen LogP contribution in [-0.4, -0.2) is 11.1 Å².